The molecule has 0 aromatic rings. The standard InChI is InChI=1S/C20H34BCl/c1-11-15-7-13(19(15,3)4)9-17(11)21(22)18-10-14-8-16(12(18)2)20(14,5)6/h11-18H,7-10H2,1-6H3/t11?,12?,13?,14?,15-,16?,17?,18?/m1/s1. The number of hydrogen-bond donors (Lipinski definition) is 0. The van der Waals surface area contributed by atoms with Crippen LogP contribution in [0, 0.1) is 46.3 Å². The highest BCUT2D eigenvalue weighted by Gasteiger charge is 2.62. The third-order valence-electron chi connectivity index (χ3n) is 9.64. The number of halogens is 1. The van der Waals surface area contributed by atoms with Crippen molar-refractivity contribution >= 4 is 17.6 Å². The van der Waals surface area contributed by atoms with E-state index in [1.54, 1.807) is 0 Å². The second-order valence-corrected chi connectivity index (χ2v) is 11.2. The van der Waals surface area contributed by atoms with E-state index in [2.05, 4.69) is 41.5 Å². The summed E-state index contributed by atoms with van der Waals surface area (Å²) in [6.45, 7) is 15.0. The fourth-order valence-corrected chi connectivity index (χ4v) is 8.20. The van der Waals surface area contributed by atoms with Crippen LogP contribution in [0.5, 0.6) is 0 Å². The highest BCUT2D eigenvalue weighted by Crippen LogP contribution is 2.69. The van der Waals surface area contributed by atoms with Gasteiger partial charge in [0.05, 0.1) is 0 Å². The van der Waals surface area contributed by atoms with Crippen molar-refractivity contribution in [1.82, 2.24) is 0 Å². The monoisotopic (exact) mass is 320 g/mol. The average molecular weight is 321 g/mol. The Bertz CT molecular complexity index is 428. The predicted octanol–water partition coefficient (Wildman–Crippen LogP) is 6.36. The van der Waals surface area contributed by atoms with Crippen LogP contribution >= 0.6 is 11.5 Å². The molecule has 0 aromatic carbocycles. The smallest absolute Gasteiger partial charge is 0.195 e. The third kappa shape index (κ3) is 1.84. The fourth-order valence-electron chi connectivity index (χ4n) is 7.54. The Morgan fingerprint density at radius 3 is 1.36 bits per heavy atom. The van der Waals surface area contributed by atoms with E-state index >= 15 is 0 Å². The first-order valence-electron chi connectivity index (χ1n) is 9.79. The van der Waals surface area contributed by atoms with Gasteiger partial charge in [0.25, 0.3) is 6.13 Å². The van der Waals surface area contributed by atoms with Gasteiger partial charge in [0, 0.05) is 0 Å². The summed E-state index contributed by atoms with van der Waals surface area (Å²) in [6.07, 6.45) is 6.20. The quantitative estimate of drug-likeness (QED) is 0.519. The Morgan fingerprint density at radius 1 is 0.727 bits per heavy atom. The highest BCUT2D eigenvalue weighted by atomic mass is 35.5. The first kappa shape index (κ1) is 15.9. The Kier molecular flexibility index (Phi) is 3.39. The van der Waals surface area contributed by atoms with Gasteiger partial charge in [-0.25, -0.2) is 0 Å². The third-order valence-corrected chi connectivity index (χ3v) is 10.3. The Morgan fingerprint density at radius 2 is 1.09 bits per heavy atom. The van der Waals surface area contributed by atoms with Crippen molar-refractivity contribution in [2.45, 2.75) is 78.9 Å². The zero-order valence-corrected chi connectivity index (χ0v) is 16.2. The lowest BCUT2D eigenvalue weighted by Gasteiger charge is -2.65. The summed E-state index contributed by atoms with van der Waals surface area (Å²) in [5.41, 5.74) is 1.18. The lowest BCUT2D eigenvalue weighted by molar-refractivity contribution is -0.106. The maximum Gasteiger partial charge on any atom is 0.257 e. The van der Waals surface area contributed by atoms with Gasteiger partial charge in [0.15, 0.2) is 0 Å². The first-order valence-corrected chi connectivity index (χ1v) is 10.2. The zero-order chi connectivity index (χ0) is 16.0. The van der Waals surface area contributed by atoms with E-state index < -0.39 is 0 Å². The van der Waals surface area contributed by atoms with E-state index in [0.717, 1.165) is 47.1 Å². The van der Waals surface area contributed by atoms with Gasteiger partial charge in [0.1, 0.15) is 0 Å². The van der Waals surface area contributed by atoms with E-state index in [9.17, 15) is 0 Å². The molecule has 0 nitrogen and oxygen atoms in total. The van der Waals surface area contributed by atoms with Crippen LogP contribution in [-0.4, -0.2) is 6.13 Å². The summed E-state index contributed by atoms with van der Waals surface area (Å²) >= 11 is 7.19. The number of rotatable bonds is 2. The normalized spacial score (nSPS) is 54.1. The second kappa shape index (κ2) is 4.71. The van der Waals surface area contributed by atoms with Gasteiger partial charge in [-0.1, -0.05) is 54.4 Å². The van der Waals surface area contributed by atoms with Crippen molar-refractivity contribution in [3.8, 4) is 0 Å². The molecule has 0 amide bonds. The lowest BCUT2D eigenvalue weighted by Crippen LogP contribution is -2.58. The summed E-state index contributed by atoms with van der Waals surface area (Å²) < 4.78 is 0. The van der Waals surface area contributed by atoms with Crippen LogP contribution in [0.1, 0.15) is 67.2 Å². The van der Waals surface area contributed by atoms with Crippen molar-refractivity contribution in [2.75, 3.05) is 0 Å². The highest BCUT2D eigenvalue weighted by molar-refractivity contribution is 7.08. The Hall–Kier alpha value is 0.355. The molecule has 6 fully saturated rings. The van der Waals surface area contributed by atoms with E-state index in [1.807, 2.05) is 0 Å². The minimum atomic E-state index is 0.438. The summed E-state index contributed by atoms with van der Waals surface area (Å²) in [7, 11) is 0. The molecule has 0 aliphatic heterocycles. The maximum atomic E-state index is 7.19. The number of hydrogen-bond acceptors (Lipinski definition) is 0. The molecule has 6 rings (SSSR count). The lowest BCUT2D eigenvalue weighted by atomic mass is 9.30. The van der Waals surface area contributed by atoms with Crippen LogP contribution in [0.3, 0.4) is 0 Å². The minimum absolute atomic E-state index is 0.438. The van der Waals surface area contributed by atoms with Crippen LogP contribution in [0.25, 0.3) is 0 Å². The van der Waals surface area contributed by atoms with Gasteiger partial charge in [-0.15, -0.1) is 0 Å². The van der Waals surface area contributed by atoms with E-state index in [1.165, 1.54) is 25.7 Å². The fraction of sp³-hybridized carbons (Fsp3) is 1.00. The van der Waals surface area contributed by atoms with Crippen molar-refractivity contribution in [3.05, 3.63) is 0 Å². The molecule has 0 N–H and O–H groups in total. The van der Waals surface area contributed by atoms with Gasteiger partial charge in [-0.2, -0.15) is 11.5 Å². The van der Waals surface area contributed by atoms with Gasteiger partial charge in [-0.05, 0) is 70.8 Å². The largest absolute Gasteiger partial charge is 0.257 e. The molecule has 124 valence electrons. The molecule has 0 radical (unpaired) electrons. The molecule has 6 aliphatic carbocycles. The van der Waals surface area contributed by atoms with E-state index in [-0.39, 0.29) is 0 Å². The second-order valence-electron chi connectivity index (χ2n) is 10.7. The van der Waals surface area contributed by atoms with Crippen LogP contribution in [-0.2, 0) is 0 Å². The van der Waals surface area contributed by atoms with Crippen LogP contribution < -0.4 is 0 Å². The molecule has 8 atom stereocenters. The topological polar surface area (TPSA) is 0 Å². The SMILES string of the molecule is CC1C(B(Cl)C2CC3C[C@H](C2C)C3(C)C)CC2CC1C2(C)C. The van der Waals surface area contributed by atoms with Gasteiger partial charge in [0.2, 0.25) is 0 Å². The van der Waals surface area contributed by atoms with E-state index in [0.29, 0.717) is 17.0 Å². The van der Waals surface area contributed by atoms with Crippen molar-refractivity contribution in [2.24, 2.45) is 46.3 Å². The summed E-state index contributed by atoms with van der Waals surface area (Å²) in [5, 5.41) is 0. The van der Waals surface area contributed by atoms with E-state index in [4.69, 9.17) is 11.5 Å². The van der Waals surface area contributed by atoms with Crippen molar-refractivity contribution in [1.29, 1.82) is 0 Å². The van der Waals surface area contributed by atoms with Crippen LogP contribution in [0.15, 0.2) is 0 Å². The molecule has 0 saturated heterocycles. The minimum Gasteiger partial charge on any atom is -0.195 e. The molecule has 2 heteroatoms. The summed E-state index contributed by atoms with van der Waals surface area (Å²) in [5.74, 6) is 7.00. The molecule has 0 heterocycles. The van der Waals surface area contributed by atoms with Gasteiger partial charge in [-0.3, -0.25) is 0 Å². The molecule has 6 saturated carbocycles. The predicted molar refractivity (Wildman–Crippen MR) is 97.4 cm³/mol. The molecule has 22 heavy (non-hydrogen) atoms. The van der Waals surface area contributed by atoms with Crippen LogP contribution in [0.4, 0.5) is 0 Å². The molecule has 4 bridgehead atoms. The average Bonchev–Trinajstić information content (AvgIpc) is 2.45. The van der Waals surface area contributed by atoms with Gasteiger partial charge < -0.3 is 0 Å². The summed E-state index contributed by atoms with van der Waals surface area (Å²) in [6, 6.07) is 0. The zero-order valence-electron chi connectivity index (χ0n) is 15.4. The Balaban J connectivity index is 1.49. The molecular formula is C20H34BCl. The molecular weight excluding hydrogens is 286 g/mol. The molecule has 0 spiro atoms. The maximum absolute atomic E-state index is 7.19. The Labute approximate surface area is 143 Å². The van der Waals surface area contributed by atoms with Crippen molar-refractivity contribution < 1.29 is 0 Å². The summed E-state index contributed by atoms with van der Waals surface area (Å²) in [4.78, 5) is 0. The number of fused-ring (bicyclic) bond motifs is 4. The van der Waals surface area contributed by atoms with Crippen molar-refractivity contribution in [3.63, 3.8) is 0 Å². The first-order chi connectivity index (χ1) is 10.2. The van der Waals surface area contributed by atoms with Gasteiger partial charge >= 0.3 is 0 Å². The molecule has 0 aromatic heterocycles. The molecule has 7 unspecified atom stereocenters. The van der Waals surface area contributed by atoms with Crippen LogP contribution in [0.2, 0.25) is 11.6 Å². The molecule has 6 aliphatic rings.